The van der Waals surface area contributed by atoms with E-state index in [9.17, 15) is 5.11 Å². The molecule has 0 aliphatic rings. The predicted octanol–water partition coefficient (Wildman–Crippen LogP) is 1.97. The molecule has 0 fully saturated rings. The van der Waals surface area contributed by atoms with E-state index >= 15 is 0 Å². The number of nitrogens with zero attached hydrogens (tertiary/aromatic N) is 3. The van der Waals surface area contributed by atoms with E-state index in [0.717, 1.165) is 24.1 Å². The second-order valence-electron chi connectivity index (χ2n) is 4.37. The van der Waals surface area contributed by atoms with Gasteiger partial charge in [0.25, 0.3) is 0 Å². The fourth-order valence-corrected chi connectivity index (χ4v) is 1.75. The van der Waals surface area contributed by atoms with Crippen molar-refractivity contribution < 1.29 is 5.11 Å². The van der Waals surface area contributed by atoms with Crippen LogP contribution in [-0.2, 0) is 13.2 Å². The monoisotopic (exact) mass is 219 g/mol. The van der Waals surface area contributed by atoms with Crippen LogP contribution in [0.1, 0.15) is 26.1 Å². The third-order valence-corrected chi connectivity index (χ3v) is 2.65. The summed E-state index contributed by atoms with van der Waals surface area (Å²) in [4.78, 5) is 8.68. The van der Waals surface area contributed by atoms with Crippen molar-refractivity contribution in [3.8, 4) is 0 Å². The highest BCUT2D eigenvalue weighted by Crippen LogP contribution is 2.15. The van der Waals surface area contributed by atoms with Gasteiger partial charge in [-0.3, -0.25) is 0 Å². The molecule has 0 saturated carbocycles. The minimum Gasteiger partial charge on any atom is -0.388 e. The average Bonchev–Trinajstić information content (AvgIpc) is 2.64. The zero-order chi connectivity index (χ0) is 11.5. The summed E-state index contributed by atoms with van der Waals surface area (Å²) >= 11 is 0. The lowest BCUT2D eigenvalue weighted by atomic mass is 10.1. The second-order valence-corrected chi connectivity index (χ2v) is 4.37. The van der Waals surface area contributed by atoms with Crippen LogP contribution in [0.4, 0.5) is 0 Å². The molecule has 0 aromatic carbocycles. The molecular formula is C12H17N3O. The number of aliphatic hydroxyl groups is 1. The van der Waals surface area contributed by atoms with Gasteiger partial charge in [0, 0.05) is 12.7 Å². The smallest absolute Gasteiger partial charge is 0.160 e. The lowest BCUT2D eigenvalue weighted by Gasteiger charge is -2.08. The Hall–Kier alpha value is -1.42. The molecule has 4 heteroatoms. The number of pyridine rings is 1. The van der Waals surface area contributed by atoms with Crippen molar-refractivity contribution in [2.24, 2.45) is 5.92 Å². The Morgan fingerprint density at radius 3 is 2.94 bits per heavy atom. The molecule has 86 valence electrons. The van der Waals surface area contributed by atoms with Crippen molar-refractivity contribution >= 4 is 11.2 Å². The fourth-order valence-electron chi connectivity index (χ4n) is 1.75. The van der Waals surface area contributed by atoms with Crippen LogP contribution >= 0.6 is 0 Å². The summed E-state index contributed by atoms with van der Waals surface area (Å²) in [5.41, 5.74) is 1.72. The molecule has 0 spiro atoms. The van der Waals surface area contributed by atoms with Crippen molar-refractivity contribution in [1.82, 2.24) is 14.5 Å². The van der Waals surface area contributed by atoms with Gasteiger partial charge in [-0.05, 0) is 24.5 Å². The third-order valence-electron chi connectivity index (χ3n) is 2.65. The maximum Gasteiger partial charge on any atom is 0.160 e. The summed E-state index contributed by atoms with van der Waals surface area (Å²) in [6.45, 7) is 5.20. The Morgan fingerprint density at radius 1 is 1.44 bits per heavy atom. The van der Waals surface area contributed by atoms with Crippen LogP contribution in [-0.4, -0.2) is 19.6 Å². The zero-order valence-corrected chi connectivity index (χ0v) is 9.72. The molecule has 0 unspecified atom stereocenters. The van der Waals surface area contributed by atoms with E-state index in [-0.39, 0.29) is 6.61 Å². The van der Waals surface area contributed by atoms with Gasteiger partial charge in [0.2, 0.25) is 0 Å². The van der Waals surface area contributed by atoms with Crippen LogP contribution in [0, 0.1) is 5.92 Å². The molecule has 0 saturated heterocycles. The van der Waals surface area contributed by atoms with Crippen LogP contribution < -0.4 is 0 Å². The van der Waals surface area contributed by atoms with Gasteiger partial charge in [-0.1, -0.05) is 13.8 Å². The third kappa shape index (κ3) is 2.07. The number of imidazole rings is 1. The topological polar surface area (TPSA) is 50.9 Å². The van der Waals surface area contributed by atoms with Crippen LogP contribution in [0.15, 0.2) is 18.3 Å². The van der Waals surface area contributed by atoms with Crippen LogP contribution in [0.3, 0.4) is 0 Å². The van der Waals surface area contributed by atoms with Gasteiger partial charge < -0.3 is 9.67 Å². The van der Waals surface area contributed by atoms with Crippen molar-refractivity contribution in [3.05, 3.63) is 24.2 Å². The SMILES string of the molecule is CC(C)CCn1c(CO)nc2cccnc21. The summed E-state index contributed by atoms with van der Waals surface area (Å²) in [5.74, 6) is 1.34. The normalized spacial score (nSPS) is 11.5. The van der Waals surface area contributed by atoms with Crippen LogP contribution in [0.2, 0.25) is 0 Å². The van der Waals surface area contributed by atoms with Gasteiger partial charge in [-0.2, -0.15) is 0 Å². The number of hydrogen-bond acceptors (Lipinski definition) is 3. The Morgan fingerprint density at radius 2 is 2.25 bits per heavy atom. The minimum atomic E-state index is -0.0333. The van der Waals surface area contributed by atoms with Gasteiger partial charge in [0.15, 0.2) is 5.65 Å². The first-order valence-corrected chi connectivity index (χ1v) is 5.63. The standard InChI is InChI=1S/C12H17N3O/c1-9(2)5-7-15-11(8-16)14-10-4-3-6-13-12(10)15/h3-4,6,9,16H,5,7-8H2,1-2H3. The van der Waals surface area contributed by atoms with Gasteiger partial charge in [0.1, 0.15) is 17.9 Å². The average molecular weight is 219 g/mol. The minimum absolute atomic E-state index is 0.0333. The molecule has 0 bridgehead atoms. The molecular weight excluding hydrogens is 202 g/mol. The Kier molecular flexibility index (Phi) is 3.19. The van der Waals surface area contributed by atoms with Crippen LogP contribution in [0.25, 0.3) is 11.2 Å². The van der Waals surface area contributed by atoms with Crippen molar-refractivity contribution in [3.63, 3.8) is 0 Å². The molecule has 1 N–H and O–H groups in total. The molecule has 0 radical (unpaired) electrons. The molecule has 0 amide bonds. The number of aliphatic hydroxyl groups excluding tert-OH is 1. The second kappa shape index (κ2) is 4.61. The van der Waals surface area contributed by atoms with Gasteiger partial charge in [-0.25, -0.2) is 9.97 Å². The highest BCUT2D eigenvalue weighted by molar-refractivity contribution is 5.71. The molecule has 2 heterocycles. The van der Waals surface area contributed by atoms with Gasteiger partial charge in [0.05, 0.1) is 0 Å². The lowest BCUT2D eigenvalue weighted by molar-refractivity contribution is 0.264. The number of aromatic nitrogens is 3. The highest BCUT2D eigenvalue weighted by Gasteiger charge is 2.10. The predicted molar refractivity (Wildman–Crippen MR) is 62.9 cm³/mol. The summed E-state index contributed by atoms with van der Waals surface area (Å²) in [5, 5.41) is 9.27. The van der Waals surface area contributed by atoms with E-state index in [1.165, 1.54) is 0 Å². The van der Waals surface area contributed by atoms with Crippen molar-refractivity contribution in [2.75, 3.05) is 0 Å². The molecule has 16 heavy (non-hydrogen) atoms. The Bertz CT molecular complexity index is 476. The van der Waals surface area contributed by atoms with E-state index < -0.39 is 0 Å². The fraction of sp³-hybridized carbons (Fsp3) is 0.500. The zero-order valence-electron chi connectivity index (χ0n) is 9.72. The molecule has 0 aliphatic carbocycles. The first-order valence-electron chi connectivity index (χ1n) is 5.63. The number of rotatable bonds is 4. The quantitative estimate of drug-likeness (QED) is 0.855. The Balaban J connectivity index is 2.39. The van der Waals surface area contributed by atoms with E-state index in [2.05, 4.69) is 23.8 Å². The molecule has 2 aromatic rings. The first-order chi connectivity index (χ1) is 7.72. The van der Waals surface area contributed by atoms with E-state index in [4.69, 9.17) is 0 Å². The maximum atomic E-state index is 9.27. The summed E-state index contributed by atoms with van der Waals surface area (Å²) in [6, 6.07) is 3.79. The molecule has 2 aromatic heterocycles. The molecule has 2 rings (SSSR count). The molecule has 4 nitrogen and oxygen atoms in total. The van der Waals surface area contributed by atoms with Crippen molar-refractivity contribution in [2.45, 2.75) is 33.4 Å². The van der Waals surface area contributed by atoms with Gasteiger partial charge in [-0.15, -0.1) is 0 Å². The summed E-state index contributed by atoms with van der Waals surface area (Å²) < 4.78 is 2.01. The Labute approximate surface area is 95.0 Å². The van der Waals surface area contributed by atoms with Crippen LogP contribution in [0.5, 0.6) is 0 Å². The molecule has 0 aliphatic heterocycles. The molecule has 0 atom stereocenters. The van der Waals surface area contributed by atoms with Crippen molar-refractivity contribution in [1.29, 1.82) is 0 Å². The lowest BCUT2D eigenvalue weighted by Crippen LogP contribution is -2.06. The number of aryl methyl sites for hydroxylation is 1. The summed E-state index contributed by atoms with van der Waals surface area (Å²) in [7, 11) is 0. The van der Waals surface area contributed by atoms with E-state index in [1.807, 2.05) is 16.7 Å². The highest BCUT2D eigenvalue weighted by atomic mass is 16.3. The van der Waals surface area contributed by atoms with E-state index in [1.54, 1.807) is 6.20 Å². The first kappa shape index (κ1) is 11.1. The number of hydrogen-bond donors (Lipinski definition) is 1. The van der Waals surface area contributed by atoms with E-state index in [0.29, 0.717) is 11.7 Å². The maximum absolute atomic E-state index is 9.27. The number of fused-ring (bicyclic) bond motifs is 1. The largest absolute Gasteiger partial charge is 0.388 e. The van der Waals surface area contributed by atoms with Gasteiger partial charge >= 0.3 is 0 Å². The summed E-state index contributed by atoms with van der Waals surface area (Å²) in [6.07, 6.45) is 2.83.